The molecule has 5 nitrogen and oxygen atoms in total. The Morgan fingerprint density at radius 3 is 2.50 bits per heavy atom. The van der Waals surface area contributed by atoms with Crippen LogP contribution in [0, 0.1) is 11.6 Å². The molecule has 1 aliphatic rings. The summed E-state index contributed by atoms with van der Waals surface area (Å²) in [5, 5.41) is 16.9. The summed E-state index contributed by atoms with van der Waals surface area (Å²) in [6.45, 7) is 4.82. The van der Waals surface area contributed by atoms with Crippen LogP contribution in [0.25, 0.3) is 28.1 Å². The lowest BCUT2D eigenvalue weighted by Crippen LogP contribution is -2.48. The van der Waals surface area contributed by atoms with Crippen molar-refractivity contribution < 1.29 is 23.1 Å². The van der Waals surface area contributed by atoms with Gasteiger partial charge in [-0.2, -0.15) is 5.10 Å². The lowest BCUT2D eigenvalue weighted by Gasteiger charge is -2.44. The Bertz CT molecular complexity index is 1530. The predicted octanol–water partition coefficient (Wildman–Crippen LogP) is 6.69. The zero-order valence-corrected chi connectivity index (χ0v) is 21.3. The van der Waals surface area contributed by atoms with Gasteiger partial charge in [-0.1, -0.05) is 24.3 Å². The first-order valence-corrected chi connectivity index (χ1v) is 12.4. The van der Waals surface area contributed by atoms with Crippen LogP contribution in [0.4, 0.5) is 13.2 Å². The van der Waals surface area contributed by atoms with E-state index in [2.05, 4.69) is 10.2 Å². The number of hydrogen-bond donors (Lipinski definition) is 2. The Balaban J connectivity index is 1.63. The van der Waals surface area contributed by atoms with Gasteiger partial charge in [0.15, 0.2) is 0 Å². The van der Waals surface area contributed by atoms with Gasteiger partial charge in [0.25, 0.3) is 0 Å². The Kier molecular flexibility index (Phi) is 6.61. The molecule has 196 valence electrons. The van der Waals surface area contributed by atoms with Crippen LogP contribution in [0.1, 0.15) is 49.1 Å². The third kappa shape index (κ3) is 5.09. The normalized spacial score (nSPS) is 18.3. The molecule has 1 aliphatic heterocycles. The Morgan fingerprint density at radius 1 is 1.13 bits per heavy atom. The summed E-state index contributed by atoms with van der Waals surface area (Å²) < 4.78 is 46.1. The van der Waals surface area contributed by atoms with E-state index in [1.54, 1.807) is 6.20 Å². The van der Waals surface area contributed by atoms with E-state index >= 15 is 8.78 Å². The summed E-state index contributed by atoms with van der Waals surface area (Å²) in [5.74, 6) is -2.84. The Labute approximate surface area is 218 Å². The summed E-state index contributed by atoms with van der Waals surface area (Å²) >= 11 is 0. The molecule has 3 aromatic carbocycles. The van der Waals surface area contributed by atoms with Crippen molar-refractivity contribution in [2.45, 2.75) is 44.9 Å². The highest BCUT2D eigenvalue weighted by Gasteiger charge is 2.39. The van der Waals surface area contributed by atoms with Crippen LogP contribution in [-0.2, 0) is 11.2 Å². The number of nitrogens with zero attached hydrogens (tertiary/aromatic N) is 2. The molecule has 2 heterocycles. The number of hydrogen-bond acceptors (Lipinski definition) is 3. The second kappa shape index (κ2) is 9.76. The molecule has 2 unspecified atom stereocenters. The summed E-state index contributed by atoms with van der Waals surface area (Å²) in [5.41, 5.74) is 2.86. The van der Waals surface area contributed by atoms with Crippen LogP contribution < -0.4 is 0 Å². The number of nitrogens with one attached hydrogen (secondary N) is 1. The number of alkyl halides is 1. The van der Waals surface area contributed by atoms with Gasteiger partial charge in [0, 0.05) is 29.6 Å². The third-order valence-corrected chi connectivity index (χ3v) is 6.98. The fraction of sp³-hybridized carbons (Fsp3) is 0.267. The molecule has 0 bridgehead atoms. The van der Waals surface area contributed by atoms with Crippen molar-refractivity contribution in [3.8, 4) is 11.1 Å². The third-order valence-electron chi connectivity index (χ3n) is 6.98. The standard InChI is InChI=1S/C30H28F3N3O2/c1-17-10-21-13-19(20-6-8-26-22(14-20)15-34-35-26)5-7-23(21)29(36(17)16-30(2,3)33)28-24(31)11-18(12-25(28)32)4-9-27(37)38/h4-9,11-15,17,29H,10,16H2,1-3H3,(H,34,35)(H,37,38)/b9-4+. The van der Waals surface area contributed by atoms with Gasteiger partial charge in [-0.3, -0.25) is 10.00 Å². The number of rotatable bonds is 6. The van der Waals surface area contributed by atoms with E-state index in [9.17, 15) is 9.18 Å². The number of aliphatic carboxylic acids is 1. The fourth-order valence-electron chi connectivity index (χ4n) is 5.35. The molecule has 0 radical (unpaired) electrons. The molecule has 38 heavy (non-hydrogen) atoms. The number of H-pyrrole nitrogens is 1. The molecular weight excluding hydrogens is 491 g/mol. The largest absolute Gasteiger partial charge is 0.478 e. The van der Waals surface area contributed by atoms with Gasteiger partial charge in [0.2, 0.25) is 0 Å². The van der Waals surface area contributed by atoms with Crippen molar-refractivity contribution in [3.63, 3.8) is 0 Å². The zero-order chi connectivity index (χ0) is 27.2. The second-order valence-electron chi connectivity index (χ2n) is 10.5. The number of benzene rings is 3. The molecule has 1 aromatic heterocycles. The Hall–Kier alpha value is -3.91. The van der Waals surface area contributed by atoms with Gasteiger partial charge >= 0.3 is 5.97 Å². The van der Waals surface area contributed by atoms with Gasteiger partial charge in [-0.05, 0) is 85.4 Å². The van der Waals surface area contributed by atoms with E-state index in [1.807, 2.05) is 48.2 Å². The number of fused-ring (bicyclic) bond motifs is 2. The van der Waals surface area contributed by atoms with Crippen molar-refractivity contribution in [2.24, 2.45) is 0 Å². The predicted molar refractivity (Wildman–Crippen MR) is 141 cm³/mol. The van der Waals surface area contributed by atoms with E-state index in [1.165, 1.54) is 13.8 Å². The smallest absolute Gasteiger partial charge is 0.328 e. The fourth-order valence-corrected chi connectivity index (χ4v) is 5.35. The van der Waals surface area contributed by atoms with Crippen LogP contribution in [0.3, 0.4) is 0 Å². The molecule has 8 heteroatoms. The average molecular weight is 520 g/mol. The maximum Gasteiger partial charge on any atom is 0.328 e. The molecule has 0 amide bonds. The number of carboxylic acids is 1. The molecule has 0 saturated carbocycles. The lowest BCUT2D eigenvalue weighted by molar-refractivity contribution is -0.131. The van der Waals surface area contributed by atoms with E-state index in [-0.39, 0.29) is 23.7 Å². The minimum Gasteiger partial charge on any atom is -0.478 e. The summed E-state index contributed by atoms with van der Waals surface area (Å²) in [6.07, 6.45) is 4.31. The molecule has 0 spiro atoms. The highest BCUT2D eigenvalue weighted by atomic mass is 19.1. The number of carbonyl (C=O) groups is 1. The summed E-state index contributed by atoms with van der Waals surface area (Å²) in [4.78, 5) is 12.7. The molecule has 5 rings (SSSR count). The summed E-state index contributed by atoms with van der Waals surface area (Å²) in [7, 11) is 0. The highest BCUT2D eigenvalue weighted by Crippen LogP contribution is 2.42. The van der Waals surface area contributed by atoms with Crippen molar-refractivity contribution in [2.75, 3.05) is 6.54 Å². The van der Waals surface area contributed by atoms with Crippen molar-refractivity contribution in [1.82, 2.24) is 15.1 Å². The SMILES string of the molecule is CC1Cc2cc(-c3ccc4[nH]ncc4c3)ccc2C(c2c(F)cc(/C=C/C(=O)O)cc2F)N1CC(C)(C)F. The van der Waals surface area contributed by atoms with Crippen molar-refractivity contribution in [1.29, 1.82) is 0 Å². The maximum absolute atomic E-state index is 15.6. The molecule has 0 aliphatic carbocycles. The van der Waals surface area contributed by atoms with Crippen LogP contribution in [0.15, 0.2) is 60.8 Å². The number of aromatic amines is 1. The minimum atomic E-state index is -1.60. The maximum atomic E-state index is 15.6. The van der Waals surface area contributed by atoms with E-state index in [0.29, 0.717) is 12.0 Å². The van der Waals surface area contributed by atoms with Crippen LogP contribution in [0.2, 0.25) is 0 Å². The van der Waals surface area contributed by atoms with Gasteiger partial charge in [-0.25, -0.2) is 18.0 Å². The van der Waals surface area contributed by atoms with Crippen LogP contribution in [0.5, 0.6) is 0 Å². The lowest BCUT2D eigenvalue weighted by atomic mass is 9.82. The molecule has 0 fully saturated rings. The van der Waals surface area contributed by atoms with E-state index in [4.69, 9.17) is 5.11 Å². The molecule has 2 N–H and O–H groups in total. The quantitative estimate of drug-likeness (QED) is 0.279. The van der Waals surface area contributed by atoms with Crippen molar-refractivity contribution >= 4 is 22.9 Å². The average Bonchev–Trinajstić information content (AvgIpc) is 3.31. The van der Waals surface area contributed by atoms with Gasteiger partial charge in [0.05, 0.1) is 17.8 Å². The molecular formula is C30H28F3N3O2. The van der Waals surface area contributed by atoms with E-state index in [0.717, 1.165) is 51.9 Å². The Morgan fingerprint density at radius 2 is 1.82 bits per heavy atom. The van der Waals surface area contributed by atoms with Crippen LogP contribution >= 0.6 is 0 Å². The van der Waals surface area contributed by atoms with Crippen molar-refractivity contribution in [3.05, 3.63) is 94.7 Å². The van der Waals surface area contributed by atoms with Gasteiger partial charge < -0.3 is 5.11 Å². The monoisotopic (exact) mass is 519 g/mol. The second-order valence-corrected chi connectivity index (χ2v) is 10.5. The van der Waals surface area contributed by atoms with Gasteiger partial charge in [0.1, 0.15) is 17.3 Å². The number of carboxylic acid groups (broad SMARTS) is 1. The molecule has 0 saturated heterocycles. The first-order valence-electron chi connectivity index (χ1n) is 12.4. The van der Waals surface area contributed by atoms with Gasteiger partial charge in [-0.15, -0.1) is 0 Å². The molecule has 2 atom stereocenters. The highest BCUT2D eigenvalue weighted by molar-refractivity contribution is 5.85. The summed E-state index contributed by atoms with van der Waals surface area (Å²) in [6, 6.07) is 13.0. The van der Waals surface area contributed by atoms with Crippen LogP contribution in [-0.4, -0.2) is 44.4 Å². The first-order chi connectivity index (χ1) is 18.0. The first kappa shape index (κ1) is 25.7. The topological polar surface area (TPSA) is 69.2 Å². The minimum absolute atomic E-state index is 0.0171. The number of halogens is 3. The zero-order valence-electron chi connectivity index (χ0n) is 21.3. The van der Waals surface area contributed by atoms with E-state index < -0.39 is 29.3 Å². The molecule has 4 aromatic rings. The number of aromatic nitrogens is 2.